The number of hydrogen-bond donors (Lipinski definition) is 2. The molecule has 2 rings (SSSR count). The molecular formula is C12H15N3O2. The minimum absolute atomic E-state index is 0.450. The van der Waals surface area contributed by atoms with Gasteiger partial charge in [0.05, 0.1) is 12.6 Å². The predicted octanol–water partition coefficient (Wildman–Crippen LogP) is 1.20. The van der Waals surface area contributed by atoms with Gasteiger partial charge in [0.1, 0.15) is 0 Å². The first-order chi connectivity index (χ1) is 8.25. The van der Waals surface area contributed by atoms with Crippen molar-refractivity contribution in [1.82, 2.24) is 15.5 Å². The molecule has 2 aromatic rings. The second-order valence-electron chi connectivity index (χ2n) is 3.77. The Labute approximate surface area is 99.5 Å². The van der Waals surface area contributed by atoms with E-state index in [2.05, 4.69) is 15.5 Å². The number of nitrogens with one attached hydrogen (secondary N) is 1. The first-order valence-corrected chi connectivity index (χ1v) is 5.48. The van der Waals surface area contributed by atoms with Crippen molar-refractivity contribution in [2.75, 3.05) is 6.54 Å². The third-order valence-electron chi connectivity index (χ3n) is 2.37. The van der Waals surface area contributed by atoms with Crippen molar-refractivity contribution in [2.45, 2.75) is 19.6 Å². The minimum atomic E-state index is -0.528. The highest BCUT2D eigenvalue weighted by Crippen LogP contribution is 2.10. The molecule has 1 unspecified atom stereocenters. The van der Waals surface area contributed by atoms with E-state index in [1.165, 1.54) is 0 Å². The number of benzene rings is 1. The van der Waals surface area contributed by atoms with Gasteiger partial charge in [-0.1, -0.05) is 30.3 Å². The normalized spacial score (nSPS) is 12.6. The zero-order valence-electron chi connectivity index (χ0n) is 9.63. The molecule has 90 valence electrons. The Kier molecular flexibility index (Phi) is 3.85. The van der Waals surface area contributed by atoms with Crippen LogP contribution in [-0.4, -0.2) is 21.8 Å². The fourth-order valence-electron chi connectivity index (χ4n) is 1.52. The Balaban J connectivity index is 1.79. The number of hydrogen-bond acceptors (Lipinski definition) is 5. The van der Waals surface area contributed by atoms with Gasteiger partial charge in [-0.2, -0.15) is 0 Å². The number of nitrogens with zero attached hydrogens (tertiary/aromatic N) is 2. The Morgan fingerprint density at radius 3 is 2.71 bits per heavy atom. The van der Waals surface area contributed by atoms with Gasteiger partial charge in [0, 0.05) is 13.5 Å². The largest absolute Gasteiger partial charge is 0.424 e. The lowest BCUT2D eigenvalue weighted by atomic mass is 10.1. The van der Waals surface area contributed by atoms with Crippen LogP contribution in [0.15, 0.2) is 34.7 Å². The monoisotopic (exact) mass is 233 g/mol. The second kappa shape index (κ2) is 5.56. The van der Waals surface area contributed by atoms with E-state index in [1.807, 2.05) is 30.3 Å². The van der Waals surface area contributed by atoms with Gasteiger partial charge in [-0.25, -0.2) is 0 Å². The number of rotatable bonds is 5. The van der Waals surface area contributed by atoms with Crippen molar-refractivity contribution in [2.24, 2.45) is 0 Å². The summed E-state index contributed by atoms with van der Waals surface area (Å²) in [4.78, 5) is 0. The van der Waals surface area contributed by atoms with Crippen molar-refractivity contribution in [1.29, 1.82) is 0 Å². The standard InChI is InChI=1S/C12H15N3O2/c1-9-14-15-12(17-9)8-13-7-11(16)10-5-3-2-4-6-10/h2-6,11,13,16H,7-8H2,1H3. The molecule has 5 heteroatoms. The van der Waals surface area contributed by atoms with Crippen LogP contribution < -0.4 is 5.32 Å². The predicted molar refractivity (Wildman–Crippen MR) is 62.1 cm³/mol. The van der Waals surface area contributed by atoms with Crippen LogP contribution in [0.5, 0.6) is 0 Å². The Morgan fingerprint density at radius 1 is 1.29 bits per heavy atom. The molecule has 0 radical (unpaired) electrons. The van der Waals surface area contributed by atoms with Crippen molar-refractivity contribution in [3.05, 3.63) is 47.7 Å². The molecule has 0 aliphatic heterocycles. The molecule has 5 nitrogen and oxygen atoms in total. The molecule has 0 aliphatic rings. The van der Waals surface area contributed by atoms with E-state index in [0.717, 1.165) is 5.56 Å². The van der Waals surface area contributed by atoms with E-state index < -0.39 is 6.10 Å². The highest BCUT2D eigenvalue weighted by atomic mass is 16.4. The van der Waals surface area contributed by atoms with Gasteiger partial charge in [-0.15, -0.1) is 10.2 Å². The summed E-state index contributed by atoms with van der Waals surface area (Å²) in [6.45, 7) is 2.66. The minimum Gasteiger partial charge on any atom is -0.424 e. The number of aryl methyl sites for hydroxylation is 1. The Morgan fingerprint density at radius 2 is 2.06 bits per heavy atom. The fourth-order valence-corrected chi connectivity index (χ4v) is 1.52. The molecular weight excluding hydrogens is 218 g/mol. The molecule has 0 saturated carbocycles. The molecule has 0 aliphatic carbocycles. The van der Waals surface area contributed by atoms with Crippen molar-refractivity contribution in [3.63, 3.8) is 0 Å². The van der Waals surface area contributed by atoms with E-state index in [0.29, 0.717) is 24.9 Å². The summed E-state index contributed by atoms with van der Waals surface area (Å²) in [6, 6.07) is 9.51. The zero-order chi connectivity index (χ0) is 12.1. The highest BCUT2D eigenvalue weighted by molar-refractivity contribution is 5.17. The van der Waals surface area contributed by atoms with E-state index in [1.54, 1.807) is 6.92 Å². The SMILES string of the molecule is Cc1nnc(CNCC(O)c2ccccc2)o1. The second-order valence-corrected chi connectivity index (χ2v) is 3.77. The summed E-state index contributed by atoms with van der Waals surface area (Å²) >= 11 is 0. The third kappa shape index (κ3) is 3.37. The first kappa shape index (κ1) is 11.8. The maximum Gasteiger partial charge on any atom is 0.230 e. The summed E-state index contributed by atoms with van der Waals surface area (Å²) in [5, 5.41) is 20.5. The summed E-state index contributed by atoms with van der Waals surface area (Å²) in [7, 11) is 0. The van der Waals surface area contributed by atoms with E-state index >= 15 is 0 Å². The first-order valence-electron chi connectivity index (χ1n) is 5.48. The Bertz CT molecular complexity index is 456. The molecule has 0 amide bonds. The van der Waals surface area contributed by atoms with Gasteiger partial charge in [0.2, 0.25) is 11.8 Å². The van der Waals surface area contributed by atoms with Gasteiger partial charge >= 0.3 is 0 Å². The Hall–Kier alpha value is -1.72. The van der Waals surface area contributed by atoms with E-state index in [-0.39, 0.29) is 0 Å². The smallest absolute Gasteiger partial charge is 0.230 e. The van der Waals surface area contributed by atoms with Crippen LogP contribution in [0.1, 0.15) is 23.4 Å². The molecule has 1 aromatic heterocycles. The summed E-state index contributed by atoms with van der Waals surface area (Å²) in [6.07, 6.45) is -0.528. The maximum absolute atomic E-state index is 9.87. The van der Waals surface area contributed by atoms with E-state index in [4.69, 9.17) is 4.42 Å². The quantitative estimate of drug-likeness (QED) is 0.812. The lowest BCUT2D eigenvalue weighted by Gasteiger charge is -2.10. The third-order valence-corrected chi connectivity index (χ3v) is 2.37. The summed E-state index contributed by atoms with van der Waals surface area (Å²) < 4.78 is 5.20. The van der Waals surface area contributed by atoms with Crippen molar-refractivity contribution in [3.8, 4) is 0 Å². The van der Waals surface area contributed by atoms with Crippen LogP contribution in [0.25, 0.3) is 0 Å². The van der Waals surface area contributed by atoms with Crippen LogP contribution in [0.2, 0.25) is 0 Å². The average molecular weight is 233 g/mol. The van der Waals surface area contributed by atoms with Crippen LogP contribution in [0.4, 0.5) is 0 Å². The number of aliphatic hydroxyl groups excluding tert-OH is 1. The molecule has 1 heterocycles. The van der Waals surface area contributed by atoms with Gasteiger partial charge in [0.25, 0.3) is 0 Å². The van der Waals surface area contributed by atoms with Gasteiger partial charge < -0.3 is 14.8 Å². The van der Waals surface area contributed by atoms with Crippen molar-refractivity contribution >= 4 is 0 Å². The molecule has 0 bridgehead atoms. The molecule has 17 heavy (non-hydrogen) atoms. The van der Waals surface area contributed by atoms with Gasteiger partial charge in [0.15, 0.2) is 0 Å². The topological polar surface area (TPSA) is 71.2 Å². The molecule has 1 aromatic carbocycles. The lowest BCUT2D eigenvalue weighted by Crippen LogP contribution is -2.21. The van der Waals surface area contributed by atoms with E-state index in [9.17, 15) is 5.11 Å². The average Bonchev–Trinajstić information content (AvgIpc) is 2.76. The van der Waals surface area contributed by atoms with Gasteiger partial charge in [-0.05, 0) is 5.56 Å². The van der Waals surface area contributed by atoms with Crippen LogP contribution in [-0.2, 0) is 6.54 Å². The van der Waals surface area contributed by atoms with Gasteiger partial charge in [-0.3, -0.25) is 0 Å². The molecule has 0 saturated heterocycles. The van der Waals surface area contributed by atoms with Crippen molar-refractivity contribution < 1.29 is 9.52 Å². The summed E-state index contributed by atoms with van der Waals surface area (Å²) in [5.74, 6) is 1.08. The highest BCUT2D eigenvalue weighted by Gasteiger charge is 2.07. The number of aromatic nitrogens is 2. The van der Waals surface area contributed by atoms with Crippen LogP contribution in [0.3, 0.4) is 0 Å². The van der Waals surface area contributed by atoms with Crippen LogP contribution in [0, 0.1) is 6.92 Å². The fraction of sp³-hybridized carbons (Fsp3) is 0.333. The zero-order valence-corrected chi connectivity index (χ0v) is 9.63. The molecule has 1 atom stereocenters. The molecule has 0 fully saturated rings. The summed E-state index contributed by atoms with van der Waals surface area (Å²) in [5.41, 5.74) is 0.890. The van der Waals surface area contributed by atoms with Crippen LogP contribution >= 0.6 is 0 Å². The molecule has 2 N–H and O–H groups in total. The maximum atomic E-state index is 9.87. The molecule has 0 spiro atoms. The lowest BCUT2D eigenvalue weighted by molar-refractivity contribution is 0.173. The number of aliphatic hydroxyl groups is 1.